The van der Waals surface area contributed by atoms with Crippen molar-refractivity contribution in [1.82, 2.24) is 20.3 Å². The van der Waals surface area contributed by atoms with Crippen molar-refractivity contribution in [3.8, 4) is 11.4 Å². The summed E-state index contributed by atoms with van der Waals surface area (Å²) < 4.78 is 27.0. The Hall–Kier alpha value is -2.03. The molecule has 0 radical (unpaired) electrons. The van der Waals surface area contributed by atoms with Crippen molar-refractivity contribution in [2.45, 2.75) is 62.6 Å². The van der Waals surface area contributed by atoms with Gasteiger partial charge in [-0.25, -0.2) is 18.7 Å². The van der Waals surface area contributed by atoms with E-state index >= 15 is 0 Å². The zero-order chi connectivity index (χ0) is 21.1. The van der Waals surface area contributed by atoms with E-state index in [9.17, 15) is 19.0 Å². The molecule has 0 aliphatic heterocycles. The van der Waals surface area contributed by atoms with Gasteiger partial charge in [0, 0.05) is 67.3 Å². The average Bonchev–Trinajstić information content (AvgIpc) is 3.04. The Bertz CT molecular complexity index is 829. The van der Waals surface area contributed by atoms with Crippen molar-refractivity contribution in [3.05, 3.63) is 42.5 Å². The lowest BCUT2D eigenvalue weighted by Crippen LogP contribution is -2.45. The first-order chi connectivity index (χ1) is 14.4. The smallest absolute Gasteiger partial charge is 0.248 e. The van der Waals surface area contributed by atoms with Crippen molar-refractivity contribution in [2.75, 3.05) is 6.61 Å². The summed E-state index contributed by atoms with van der Waals surface area (Å²) in [6.07, 6.45) is 6.20. The molecule has 0 aromatic carbocycles. The molecule has 4 atom stereocenters. The Morgan fingerprint density at radius 2 is 1.93 bits per heavy atom. The lowest BCUT2D eigenvalue weighted by molar-refractivity contribution is -0.0417. The van der Waals surface area contributed by atoms with Crippen molar-refractivity contribution in [1.29, 1.82) is 0 Å². The van der Waals surface area contributed by atoms with Crippen LogP contribution in [0.15, 0.2) is 36.8 Å². The molecule has 0 bridgehead atoms. The number of pyridine rings is 1. The van der Waals surface area contributed by atoms with E-state index in [2.05, 4.69) is 20.3 Å². The highest BCUT2D eigenvalue weighted by Crippen LogP contribution is 2.38. The second kappa shape index (κ2) is 8.99. The van der Waals surface area contributed by atoms with Gasteiger partial charge >= 0.3 is 0 Å². The third-order valence-corrected chi connectivity index (χ3v) is 6.51. The van der Waals surface area contributed by atoms with Gasteiger partial charge in [0.05, 0.1) is 6.10 Å². The SMILES string of the molecule is OC[C@@H]1[C@@H](Cc2ccnc(-c3cccnc3)n2)[C@H](NC2CCC(F)(F)CC2)C[C@H]1O. The number of nitrogens with one attached hydrogen (secondary N) is 1. The molecular weight excluding hydrogens is 390 g/mol. The predicted octanol–water partition coefficient (Wildman–Crippen LogP) is 2.61. The number of hydrogen-bond donors (Lipinski definition) is 3. The third-order valence-electron chi connectivity index (χ3n) is 6.51. The summed E-state index contributed by atoms with van der Waals surface area (Å²) in [5.74, 6) is -2.29. The van der Waals surface area contributed by atoms with E-state index in [1.165, 1.54) is 0 Å². The molecule has 0 spiro atoms. The van der Waals surface area contributed by atoms with Crippen LogP contribution in [0.25, 0.3) is 11.4 Å². The maximum Gasteiger partial charge on any atom is 0.248 e. The summed E-state index contributed by atoms with van der Waals surface area (Å²) in [6, 6.07) is 5.53. The first-order valence-electron chi connectivity index (χ1n) is 10.6. The summed E-state index contributed by atoms with van der Waals surface area (Å²) in [4.78, 5) is 13.1. The Morgan fingerprint density at radius 3 is 2.63 bits per heavy atom. The molecule has 3 N–H and O–H groups in total. The molecule has 6 nitrogen and oxygen atoms in total. The number of aliphatic hydroxyl groups is 2. The largest absolute Gasteiger partial charge is 0.396 e. The quantitative estimate of drug-likeness (QED) is 0.668. The minimum absolute atomic E-state index is 0.0121. The fourth-order valence-electron chi connectivity index (χ4n) is 4.83. The molecule has 2 saturated carbocycles. The fraction of sp³-hybridized carbons (Fsp3) is 0.591. The molecule has 2 aromatic heterocycles. The molecule has 2 fully saturated rings. The van der Waals surface area contributed by atoms with E-state index in [1.807, 2.05) is 18.2 Å². The Kier molecular flexibility index (Phi) is 6.36. The average molecular weight is 418 g/mol. The van der Waals surface area contributed by atoms with E-state index in [-0.39, 0.29) is 43.4 Å². The highest BCUT2D eigenvalue weighted by Gasteiger charge is 2.44. The Morgan fingerprint density at radius 1 is 1.13 bits per heavy atom. The van der Waals surface area contributed by atoms with E-state index < -0.39 is 12.0 Å². The first kappa shape index (κ1) is 21.2. The number of nitrogens with zero attached hydrogens (tertiary/aromatic N) is 3. The van der Waals surface area contributed by atoms with Crippen LogP contribution >= 0.6 is 0 Å². The van der Waals surface area contributed by atoms with Gasteiger partial charge in [-0.15, -0.1) is 0 Å². The van der Waals surface area contributed by atoms with E-state index in [1.54, 1.807) is 18.6 Å². The second-order valence-electron chi connectivity index (χ2n) is 8.53. The van der Waals surface area contributed by atoms with Crippen LogP contribution in [0.3, 0.4) is 0 Å². The minimum atomic E-state index is -2.57. The van der Waals surface area contributed by atoms with Crippen molar-refractivity contribution < 1.29 is 19.0 Å². The van der Waals surface area contributed by atoms with Gasteiger partial charge in [0.15, 0.2) is 5.82 Å². The number of aromatic nitrogens is 3. The normalized spacial score (nSPS) is 29.2. The number of rotatable bonds is 6. The molecule has 2 heterocycles. The van der Waals surface area contributed by atoms with Crippen LogP contribution in [0.5, 0.6) is 0 Å². The molecule has 2 aliphatic carbocycles. The summed E-state index contributed by atoms with van der Waals surface area (Å²) >= 11 is 0. The highest BCUT2D eigenvalue weighted by atomic mass is 19.3. The van der Waals surface area contributed by atoms with Gasteiger partial charge in [0.2, 0.25) is 5.92 Å². The molecule has 30 heavy (non-hydrogen) atoms. The molecule has 0 saturated heterocycles. The van der Waals surface area contributed by atoms with Crippen molar-refractivity contribution >= 4 is 0 Å². The molecule has 4 rings (SSSR count). The second-order valence-corrected chi connectivity index (χ2v) is 8.53. The van der Waals surface area contributed by atoms with Gasteiger partial charge in [-0.1, -0.05) is 0 Å². The van der Waals surface area contributed by atoms with Crippen LogP contribution in [0.2, 0.25) is 0 Å². The van der Waals surface area contributed by atoms with Crippen LogP contribution in [0, 0.1) is 11.8 Å². The lowest BCUT2D eigenvalue weighted by Gasteiger charge is -2.33. The molecular formula is C22H28F2N4O2. The Labute approximate surface area is 174 Å². The van der Waals surface area contributed by atoms with Crippen molar-refractivity contribution in [3.63, 3.8) is 0 Å². The third kappa shape index (κ3) is 4.82. The summed E-state index contributed by atoms with van der Waals surface area (Å²) in [7, 11) is 0. The van der Waals surface area contributed by atoms with Crippen LogP contribution in [0.1, 0.15) is 37.8 Å². The zero-order valence-corrected chi connectivity index (χ0v) is 16.8. The minimum Gasteiger partial charge on any atom is -0.396 e. The van der Waals surface area contributed by atoms with Crippen molar-refractivity contribution in [2.24, 2.45) is 11.8 Å². The van der Waals surface area contributed by atoms with Gasteiger partial charge < -0.3 is 15.5 Å². The molecule has 0 amide bonds. The number of hydrogen-bond acceptors (Lipinski definition) is 6. The van der Waals surface area contributed by atoms with E-state index in [0.717, 1.165) is 11.3 Å². The highest BCUT2D eigenvalue weighted by molar-refractivity contribution is 5.52. The topological polar surface area (TPSA) is 91.2 Å². The fourth-order valence-corrected chi connectivity index (χ4v) is 4.83. The van der Waals surface area contributed by atoms with Crippen LogP contribution < -0.4 is 5.32 Å². The van der Waals surface area contributed by atoms with Gasteiger partial charge in [0.1, 0.15) is 0 Å². The lowest BCUT2D eigenvalue weighted by atomic mass is 9.87. The molecule has 0 unspecified atom stereocenters. The van der Waals surface area contributed by atoms with E-state index in [0.29, 0.717) is 31.5 Å². The van der Waals surface area contributed by atoms with Crippen LogP contribution in [0.4, 0.5) is 8.78 Å². The summed E-state index contributed by atoms with van der Waals surface area (Å²) in [5, 5.41) is 23.9. The van der Waals surface area contributed by atoms with E-state index in [4.69, 9.17) is 0 Å². The van der Waals surface area contributed by atoms with Gasteiger partial charge in [-0.2, -0.15) is 0 Å². The van der Waals surface area contributed by atoms with Crippen LogP contribution in [-0.2, 0) is 6.42 Å². The number of alkyl halides is 2. The number of halogens is 2. The van der Waals surface area contributed by atoms with Gasteiger partial charge in [-0.3, -0.25) is 4.98 Å². The predicted molar refractivity (Wildman–Crippen MR) is 108 cm³/mol. The van der Waals surface area contributed by atoms with Crippen LogP contribution in [-0.4, -0.2) is 55.9 Å². The standard InChI is InChI=1S/C22H28F2N4O2/c23-22(24)6-3-15(4-7-22)27-19-11-20(30)18(13-29)17(19)10-16-5-9-26-21(28-16)14-2-1-8-25-12-14/h1-2,5,8-9,12,15,17-20,27,29-30H,3-4,6-7,10-11,13H2/t17-,18-,19-,20-/m1/s1. The Balaban J connectivity index is 1.49. The number of aliphatic hydroxyl groups excluding tert-OH is 2. The maximum atomic E-state index is 13.5. The van der Waals surface area contributed by atoms with Gasteiger partial charge in [0.25, 0.3) is 0 Å². The first-order valence-corrected chi connectivity index (χ1v) is 10.6. The summed E-state index contributed by atoms with van der Waals surface area (Å²) in [6.45, 7) is -0.118. The molecule has 2 aromatic rings. The summed E-state index contributed by atoms with van der Waals surface area (Å²) in [5.41, 5.74) is 1.64. The monoisotopic (exact) mass is 418 g/mol. The van der Waals surface area contributed by atoms with Gasteiger partial charge in [-0.05, 0) is 49.8 Å². The maximum absolute atomic E-state index is 13.5. The molecule has 2 aliphatic rings. The zero-order valence-electron chi connectivity index (χ0n) is 16.8. The molecule has 8 heteroatoms. The molecule has 162 valence electrons.